The predicted molar refractivity (Wildman–Crippen MR) is 149 cm³/mol. The molecule has 0 spiro atoms. The summed E-state index contributed by atoms with van der Waals surface area (Å²) in [4.78, 5) is 24.5. The van der Waals surface area contributed by atoms with E-state index in [1.54, 1.807) is 43.5 Å². The van der Waals surface area contributed by atoms with E-state index in [0.717, 1.165) is 31.8 Å². The lowest BCUT2D eigenvalue weighted by atomic mass is 10.1. The Morgan fingerprint density at radius 3 is 2.39 bits per heavy atom. The van der Waals surface area contributed by atoms with Gasteiger partial charge in [-0.3, -0.25) is 10.1 Å². The fraction of sp³-hybridized carbons (Fsp3) is 0.0345. The molecule has 38 heavy (non-hydrogen) atoms. The number of methoxy groups -OCH3 is 1. The van der Waals surface area contributed by atoms with E-state index >= 15 is 0 Å². The zero-order valence-electron chi connectivity index (χ0n) is 20.1. The van der Waals surface area contributed by atoms with E-state index in [0.29, 0.717) is 22.9 Å². The van der Waals surface area contributed by atoms with E-state index in [9.17, 15) is 10.1 Å². The topological polar surface area (TPSA) is 103 Å². The SMILES string of the molecule is COc1ccc(Oc2ccc(C=C(c3nc4ccccc4[nH]3)c3nc4ccccc4s3)cc2[N+](=O)[O-])cc1. The molecular weight excluding hydrogens is 500 g/mol. The summed E-state index contributed by atoms with van der Waals surface area (Å²) in [5.41, 5.74) is 3.80. The molecule has 0 aliphatic heterocycles. The molecule has 0 unspecified atom stereocenters. The zero-order valence-corrected chi connectivity index (χ0v) is 20.9. The van der Waals surface area contributed by atoms with Crippen LogP contribution in [-0.4, -0.2) is 27.0 Å². The van der Waals surface area contributed by atoms with E-state index in [1.165, 1.54) is 17.4 Å². The van der Waals surface area contributed by atoms with Crippen LogP contribution in [0, 0.1) is 10.1 Å². The third kappa shape index (κ3) is 4.58. The fourth-order valence-corrected chi connectivity index (χ4v) is 5.07. The van der Waals surface area contributed by atoms with Crippen molar-refractivity contribution in [3.63, 3.8) is 0 Å². The molecule has 6 aromatic rings. The van der Waals surface area contributed by atoms with Crippen molar-refractivity contribution in [2.75, 3.05) is 7.11 Å². The second-order valence-electron chi connectivity index (χ2n) is 8.41. The van der Waals surface area contributed by atoms with E-state index in [4.69, 9.17) is 19.4 Å². The Kier molecular flexibility index (Phi) is 6.03. The summed E-state index contributed by atoms with van der Waals surface area (Å²) in [5, 5.41) is 12.7. The molecule has 1 N–H and O–H groups in total. The Hall–Kier alpha value is -5.02. The van der Waals surface area contributed by atoms with Crippen molar-refractivity contribution in [1.82, 2.24) is 15.0 Å². The molecule has 0 aliphatic rings. The van der Waals surface area contributed by atoms with Gasteiger partial charge in [-0.25, -0.2) is 9.97 Å². The normalized spacial score (nSPS) is 11.7. The Balaban J connectivity index is 1.44. The Morgan fingerprint density at radius 2 is 1.66 bits per heavy atom. The minimum atomic E-state index is -0.450. The minimum Gasteiger partial charge on any atom is -0.497 e. The first-order valence-corrected chi connectivity index (χ1v) is 12.5. The van der Waals surface area contributed by atoms with Gasteiger partial charge < -0.3 is 14.5 Å². The number of hydrogen-bond donors (Lipinski definition) is 1. The maximum Gasteiger partial charge on any atom is 0.312 e. The molecule has 8 nitrogen and oxygen atoms in total. The first-order chi connectivity index (χ1) is 18.6. The van der Waals surface area contributed by atoms with E-state index in [-0.39, 0.29) is 11.4 Å². The summed E-state index contributed by atoms with van der Waals surface area (Å²) in [5.74, 6) is 1.91. The first-order valence-electron chi connectivity index (χ1n) is 11.7. The van der Waals surface area contributed by atoms with Crippen LogP contribution in [0.5, 0.6) is 17.2 Å². The number of benzene rings is 4. The lowest BCUT2D eigenvalue weighted by Crippen LogP contribution is -1.95. The number of H-pyrrole nitrogens is 1. The lowest BCUT2D eigenvalue weighted by Gasteiger charge is -2.08. The smallest absolute Gasteiger partial charge is 0.312 e. The molecule has 0 amide bonds. The number of nitro benzene ring substituents is 1. The second-order valence-corrected chi connectivity index (χ2v) is 9.44. The molecule has 0 aliphatic carbocycles. The van der Waals surface area contributed by atoms with Gasteiger partial charge in [-0.1, -0.05) is 30.3 Å². The second kappa shape index (κ2) is 9.79. The maximum atomic E-state index is 12.0. The molecule has 6 rings (SSSR count). The van der Waals surface area contributed by atoms with Gasteiger partial charge in [0.05, 0.1) is 38.9 Å². The first kappa shape index (κ1) is 23.4. The van der Waals surface area contributed by atoms with Crippen molar-refractivity contribution in [1.29, 1.82) is 0 Å². The number of ether oxygens (including phenoxy) is 2. The molecule has 0 saturated heterocycles. The van der Waals surface area contributed by atoms with Crippen molar-refractivity contribution < 1.29 is 14.4 Å². The van der Waals surface area contributed by atoms with Crippen LogP contribution in [0.4, 0.5) is 5.69 Å². The number of nitrogens with zero attached hydrogens (tertiary/aromatic N) is 3. The molecule has 4 aromatic carbocycles. The van der Waals surface area contributed by atoms with Gasteiger partial charge in [-0.15, -0.1) is 11.3 Å². The Morgan fingerprint density at radius 1 is 0.921 bits per heavy atom. The number of thiazole rings is 1. The summed E-state index contributed by atoms with van der Waals surface area (Å²) in [6, 6.07) is 27.4. The number of para-hydroxylation sites is 3. The third-order valence-corrected chi connectivity index (χ3v) is 7.02. The minimum absolute atomic E-state index is 0.141. The number of rotatable bonds is 7. The van der Waals surface area contributed by atoms with Crippen LogP contribution < -0.4 is 9.47 Å². The number of aromatic amines is 1. The molecule has 0 saturated carbocycles. The van der Waals surface area contributed by atoms with E-state index in [1.807, 2.05) is 54.6 Å². The van der Waals surface area contributed by atoms with Crippen LogP contribution in [0.25, 0.3) is 32.9 Å². The average molecular weight is 521 g/mol. The molecule has 2 heterocycles. The van der Waals surface area contributed by atoms with Crippen LogP contribution in [0.2, 0.25) is 0 Å². The monoisotopic (exact) mass is 520 g/mol. The van der Waals surface area contributed by atoms with E-state index < -0.39 is 4.92 Å². The van der Waals surface area contributed by atoms with Gasteiger partial charge in [0.1, 0.15) is 22.3 Å². The van der Waals surface area contributed by atoms with Gasteiger partial charge in [0.25, 0.3) is 0 Å². The largest absolute Gasteiger partial charge is 0.497 e. The highest BCUT2D eigenvalue weighted by atomic mass is 32.1. The fourth-order valence-electron chi connectivity index (χ4n) is 4.09. The number of fused-ring (bicyclic) bond motifs is 2. The highest BCUT2D eigenvalue weighted by Gasteiger charge is 2.19. The maximum absolute atomic E-state index is 12.0. The number of imidazole rings is 1. The number of nitrogens with one attached hydrogen (secondary N) is 1. The summed E-state index contributed by atoms with van der Waals surface area (Å²) in [7, 11) is 1.57. The zero-order chi connectivity index (χ0) is 26.1. The van der Waals surface area contributed by atoms with Crippen molar-refractivity contribution in [3.8, 4) is 17.2 Å². The highest BCUT2D eigenvalue weighted by molar-refractivity contribution is 7.19. The third-order valence-electron chi connectivity index (χ3n) is 5.95. The van der Waals surface area contributed by atoms with Crippen molar-refractivity contribution in [3.05, 3.63) is 118 Å². The van der Waals surface area contributed by atoms with Gasteiger partial charge >= 0.3 is 5.69 Å². The molecular formula is C29H20N4O4S. The molecule has 0 radical (unpaired) electrons. The Labute approximate surface area is 221 Å². The van der Waals surface area contributed by atoms with Crippen LogP contribution >= 0.6 is 11.3 Å². The quantitative estimate of drug-likeness (QED) is 0.173. The van der Waals surface area contributed by atoms with Crippen LogP contribution in [0.15, 0.2) is 91.0 Å². The van der Waals surface area contributed by atoms with Crippen molar-refractivity contribution >= 4 is 49.9 Å². The highest BCUT2D eigenvalue weighted by Crippen LogP contribution is 2.36. The summed E-state index contributed by atoms with van der Waals surface area (Å²) in [6.07, 6.45) is 1.86. The van der Waals surface area contributed by atoms with Crippen LogP contribution in [-0.2, 0) is 0 Å². The number of aromatic nitrogens is 3. The molecule has 0 fully saturated rings. The molecule has 186 valence electrons. The van der Waals surface area contributed by atoms with Crippen molar-refractivity contribution in [2.24, 2.45) is 0 Å². The Bertz CT molecular complexity index is 1680. The van der Waals surface area contributed by atoms with Crippen LogP contribution in [0.1, 0.15) is 16.4 Å². The van der Waals surface area contributed by atoms with Gasteiger partial charge in [0.2, 0.25) is 5.75 Å². The number of nitro groups is 1. The summed E-state index contributed by atoms with van der Waals surface area (Å²) in [6.45, 7) is 0. The summed E-state index contributed by atoms with van der Waals surface area (Å²) < 4.78 is 12.0. The van der Waals surface area contributed by atoms with E-state index in [2.05, 4.69) is 4.98 Å². The average Bonchev–Trinajstić information content (AvgIpc) is 3.57. The number of hydrogen-bond acceptors (Lipinski definition) is 7. The van der Waals surface area contributed by atoms with Gasteiger partial charge in [0, 0.05) is 6.07 Å². The van der Waals surface area contributed by atoms with Gasteiger partial charge in [-0.05, 0) is 66.2 Å². The van der Waals surface area contributed by atoms with Gasteiger partial charge in [0.15, 0.2) is 0 Å². The van der Waals surface area contributed by atoms with Crippen molar-refractivity contribution in [2.45, 2.75) is 0 Å². The lowest BCUT2D eigenvalue weighted by molar-refractivity contribution is -0.385. The molecule has 0 atom stereocenters. The molecule has 2 aromatic heterocycles. The standard InChI is InChI=1S/C29H20N4O4S/c1-36-19-11-13-20(14-12-19)37-26-15-10-18(17-25(26)33(34)35)16-21(28-30-22-6-2-3-7-23(22)31-28)29-32-24-8-4-5-9-27(24)38-29/h2-17H,1H3,(H,30,31). The molecule has 9 heteroatoms. The predicted octanol–water partition coefficient (Wildman–Crippen LogP) is 7.47. The van der Waals surface area contributed by atoms with Crippen LogP contribution in [0.3, 0.4) is 0 Å². The van der Waals surface area contributed by atoms with Gasteiger partial charge in [-0.2, -0.15) is 0 Å². The summed E-state index contributed by atoms with van der Waals surface area (Å²) >= 11 is 1.54. The molecule has 0 bridgehead atoms.